The number of nitrogens with zero attached hydrogens (tertiary/aromatic N) is 1. The number of aromatic nitrogens is 1. The molecule has 0 aliphatic carbocycles. The zero-order valence-corrected chi connectivity index (χ0v) is 11.3. The lowest BCUT2D eigenvalue weighted by molar-refractivity contribution is -0.137. The van der Waals surface area contributed by atoms with Crippen molar-refractivity contribution in [3.63, 3.8) is 0 Å². The number of hydrogen-bond donors (Lipinski definition) is 0. The Kier molecular flexibility index (Phi) is 4.47. The van der Waals surface area contributed by atoms with Gasteiger partial charge in [0, 0.05) is 17.8 Å². The predicted octanol–water partition coefficient (Wildman–Crippen LogP) is 4.06. The number of alkyl halides is 3. The fourth-order valence-electron chi connectivity index (χ4n) is 1.52. The molecule has 0 radical (unpaired) electrons. The highest BCUT2D eigenvalue weighted by Gasteiger charge is 2.30. The second-order valence-corrected chi connectivity index (χ2v) is 4.49. The minimum Gasteiger partial charge on any atom is -0.473 e. The van der Waals surface area contributed by atoms with Crippen LogP contribution in [0.25, 0.3) is 0 Å². The van der Waals surface area contributed by atoms with E-state index in [1.54, 1.807) is 12.1 Å². The molecule has 1 aromatic heterocycles. The number of benzene rings is 1. The van der Waals surface area contributed by atoms with Crippen LogP contribution in [0.4, 0.5) is 13.2 Å². The molecule has 0 fully saturated rings. The monoisotopic (exact) mass is 315 g/mol. The van der Waals surface area contributed by atoms with Crippen LogP contribution >= 0.6 is 11.6 Å². The van der Waals surface area contributed by atoms with Crippen LogP contribution in [-0.4, -0.2) is 10.2 Å². The summed E-state index contributed by atoms with van der Waals surface area (Å²) >= 11 is 5.31. The quantitative estimate of drug-likeness (QED) is 0.799. The number of carbonyl (C=O) groups is 1. The van der Waals surface area contributed by atoms with Crippen molar-refractivity contribution in [1.82, 2.24) is 4.98 Å². The van der Waals surface area contributed by atoms with E-state index in [1.807, 2.05) is 0 Å². The Morgan fingerprint density at radius 2 is 1.81 bits per heavy atom. The van der Waals surface area contributed by atoms with Crippen LogP contribution in [0, 0.1) is 0 Å². The lowest BCUT2D eigenvalue weighted by Gasteiger charge is -2.08. The molecule has 0 unspecified atom stereocenters. The van der Waals surface area contributed by atoms with Gasteiger partial charge < -0.3 is 4.74 Å². The van der Waals surface area contributed by atoms with Gasteiger partial charge in [0.05, 0.1) is 5.56 Å². The Bertz CT molecular complexity index is 624. The number of carbonyl (C=O) groups excluding carboxylic acids is 1. The largest absolute Gasteiger partial charge is 0.473 e. The zero-order valence-electron chi connectivity index (χ0n) is 10.5. The Balaban J connectivity index is 1.98. The smallest absolute Gasteiger partial charge is 0.417 e. The van der Waals surface area contributed by atoms with Crippen molar-refractivity contribution in [3.05, 3.63) is 59.3 Å². The predicted molar refractivity (Wildman–Crippen MR) is 70.2 cm³/mol. The van der Waals surface area contributed by atoms with E-state index in [1.165, 1.54) is 12.1 Å². The van der Waals surface area contributed by atoms with Gasteiger partial charge in [0.2, 0.25) is 5.88 Å². The molecule has 2 aromatic rings. The molecule has 1 aromatic carbocycles. The van der Waals surface area contributed by atoms with Crippen molar-refractivity contribution in [2.24, 2.45) is 0 Å². The van der Waals surface area contributed by atoms with E-state index in [4.69, 9.17) is 16.3 Å². The molecule has 0 N–H and O–H groups in total. The Hall–Kier alpha value is -2.08. The third-order valence-corrected chi connectivity index (χ3v) is 2.85. The molecular weight excluding hydrogens is 307 g/mol. The summed E-state index contributed by atoms with van der Waals surface area (Å²) in [4.78, 5) is 14.5. The van der Waals surface area contributed by atoms with E-state index in [2.05, 4.69) is 4.98 Å². The van der Waals surface area contributed by atoms with E-state index in [9.17, 15) is 18.0 Å². The maximum atomic E-state index is 12.4. The SMILES string of the molecule is O=C(Cl)c1ccc(COc2ccc(C(F)(F)F)cn2)cc1. The molecular formula is C14H9ClF3NO2. The van der Waals surface area contributed by atoms with Crippen molar-refractivity contribution in [1.29, 1.82) is 0 Å². The first kappa shape index (κ1) is 15.3. The topological polar surface area (TPSA) is 39.2 Å². The third-order valence-electron chi connectivity index (χ3n) is 2.63. The highest BCUT2D eigenvalue weighted by Crippen LogP contribution is 2.29. The van der Waals surface area contributed by atoms with Gasteiger partial charge >= 0.3 is 6.18 Å². The summed E-state index contributed by atoms with van der Waals surface area (Å²) in [5, 5.41) is -0.563. The molecule has 0 bridgehead atoms. The van der Waals surface area contributed by atoms with Crippen molar-refractivity contribution < 1.29 is 22.7 Å². The fraction of sp³-hybridized carbons (Fsp3) is 0.143. The summed E-state index contributed by atoms with van der Waals surface area (Å²) in [7, 11) is 0. The zero-order chi connectivity index (χ0) is 15.5. The molecule has 0 saturated carbocycles. The van der Waals surface area contributed by atoms with Gasteiger partial charge in [-0.05, 0) is 35.4 Å². The first-order valence-corrected chi connectivity index (χ1v) is 6.19. The number of halogens is 4. The molecule has 0 saturated heterocycles. The molecule has 0 aliphatic heterocycles. The summed E-state index contributed by atoms with van der Waals surface area (Å²) in [5.41, 5.74) is 0.256. The summed E-state index contributed by atoms with van der Waals surface area (Å²) in [6, 6.07) is 8.40. The second kappa shape index (κ2) is 6.13. The van der Waals surface area contributed by atoms with E-state index >= 15 is 0 Å². The molecule has 21 heavy (non-hydrogen) atoms. The van der Waals surface area contributed by atoms with Crippen LogP contribution in [-0.2, 0) is 12.8 Å². The van der Waals surface area contributed by atoms with E-state index in [0.29, 0.717) is 11.8 Å². The van der Waals surface area contributed by atoms with Crippen LogP contribution < -0.4 is 4.74 Å². The van der Waals surface area contributed by atoms with Gasteiger partial charge in [-0.2, -0.15) is 13.2 Å². The van der Waals surface area contributed by atoms with Crippen molar-refractivity contribution in [3.8, 4) is 5.88 Å². The highest BCUT2D eigenvalue weighted by atomic mass is 35.5. The fourth-order valence-corrected chi connectivity index (χ4v) is 1.65. The highest BCUT2D eigenvalue weighted by molar-refractivity contribution is 6.67. The lowest BCUT2D eigenvalue weighted by Crippen LogP contribution is -2.06. The van der Waals surface area contributed by atoms with Crippen molar-refractivity contribution in [2.45, 2.75) is 12.8 Å². The van der Waals surface area contributed by atoms with Crippen molar-refractivity contribution >= 4 is 16.8 Å². The van der Waals surface area contributed by atoms with Crippen LogP contribution in [0.3, 0.4) is 0 Å². The normalized spacial score (nSPS) is 11.2. The summed E-state index contributed by atoms with van der Waals surface area (Å²) in [6.07, 6.45) is -3.71. The van der Waals surface area contributed by atoms with Gasteiger partial charge in [-0.25, -0.2) is 4.98 Å². The second-order valence-electron chi connectivity index (χ2n) is 4.14. The molecule has 0 atom stereocenters. The summed E-state index contributed by atoms with van der Waals surface area (Å²) in [6.45, 7) is 0.120. The van der Waals surface area contributed by atoms with E-state index in [-0.39, 0.29) is 12.5 Å². The molecule has 0 spiro atoms. The van der Waals surface area contributed by atoms with Crippen LogP contribution in [0.15, 0.2) is 42.6 Å². The van der Waals surface area contributed by atoms with Crippen LogP contribution in [0.1, 0.15) is 21.5 Å². The molecule has 110 valence electrons. The van der Waals surface area contributed by atoms with E-state index in [0.717, 1.165) is 17.7 Å². The Morgan fingerprint density at radius 3 is 2.29 bits per heavy atom. The molecule has 1 heterocycles. The third kappa shape index (κ3) is 4.19. The maximum Gasteiger partial charge on any atom is 0.417 e. The molecule has 0 aliphatic rings. The average molecular weight is 316 g/mol. The maximum absolute atomic E-state index is 12.4. The number of hydrogen-bond acceptors (Lipinski definition) is 3. The van der Waals surface area contributed by atoms with Gasteiger partial charge in [0.15, 0.2) is 0 Å². The van der Waals surface area contributed by atoms with Gasteiger partial charge in [0.1, 0.15) is 6.61 Å². The van der Waals surface area contributed by atoms with Gasteiger partial charge in [-0.15, -0.1) is 0 Å². The van der Waals surface area contributed by atoms with Gasteiger partial charge in [-0.3, -0.25) is 4.79 Å². The summed E-state index contributed by atoms with van der Waals surface area (Å²) < 4.78 is 42.3. The lowest BCUT2D eigenvalue weighted by atomic mass is 10.1. The molecule has 0 amide bonds. The average Bonchev–Trinajstić information content (AvgIpc) is 2.45. The minimum atomic E-state index is -4.42. The van der Waals surface area contributed by atoms with Crippen LogP contribution in [0.2, 0.25) is 0 Å². The van der Waals surface area contributed by atoms with Gasteiger partial charge in [-0.1, -0.05) is 12.1 Å². The van der Waals surface area contributed by atoms with Crippen molar-refractivity contribution in [2.75, 3.05) is 0 Å². The van der Waals surface area contributed by atoms with Gasteiger partial charge in [0.25, 0.3) is 5.24 Å². The summed E-state index contributed by atoms with van der Waals surface area (Å²) in [5.74, 6) is 0.0838. The molecule has 3 nitrogen and oxygen atoms in total. The van der Waals surface area contributed by atoms with Crippen LogP contribution in [0.5, 0.6) is 5.88 Å². The molecule has 7 heteroatoms. The first-order chi connectivity index (χ1) is 9.86. The first-order valence-electron chi connectivity index (χ1n) is 5.81. The number of ether oxygens (including phenoxy) is 1. The minimum absolute atomic E-state index is 0.0838. The molecule has 2 rings (SSSR count). The number of pyridine rings is 1. The Morgan fingerprint density at radius 1 is 1.14 bits per heavy atom. The van der Waals surface area contributed by atoms with E-state index < -0.39 is 17.0 Å². The number of rotatable bonds is 4. The standard InChI is InChI=1S/C14H9ClF3NO2/c15-13(20)10-3-1-9(2-4-10)8-21-12-6-5-11(7-19-12)14(16,17)18/h1-7H,8H2. The Labute approximate surface area is 123 Å².